The van der Waals surface area contributed by atoms with E-state index in [0.717, 1.165) is 51.4 Å². The molecule has 0 aromatic rings. The van der Waals surface area contributed by atoms with Crippen LogP contribution in [-0.2, 0) is 18.4 Å². The van der Waals surface area contributed by atoms with Crippen molar-refractivity contribution < 1.29 is 32.9 Å². The molecule has 0 radical (unpaired) electrons. The summed E-state index contributed by atoms with van der Waals surface area (Å²) < 4.78 is 23.8. The summed E-state index contributed by atoms with van der Waals surface area (Å²) in [5.74, 6) is -0.185. The van der Waals surface area contributed by atoms with Crippen LogP contribution in [0.4, 0.5) is 0 Å². The van der Waals surface area contributed by atoms with Crippen LogP contribution >= 0.6 is 7.82 Å². The number of nitrogens with one attached hydrogen (secondary N) is 1. The first-order valence-corrected chi connectivity index (χ1v) is 35.2. The predicted molar refractivity (Wildman–Crippen MR) is 341 cm³/mol. The van der Waals surface area contributed by atoms with Gasteiger partial charge in [-0.2, -0.15) is 0 Å². The fraction of sp³-hybridized carbons (Fsp3) is 0.841. The number of carbonyl (C=O) groups excluding carboxylic acids is 1. The van der Waals surface area contributed by atoms with Gasteiger partial charge in [0.2, 0.25) is 5.91 Å². The number of carbonyl (C=O) groups is 1. The maximum Gasteiger partial charge on any atom is 0.472 e. The molecule has 9 heteroatoms. The average molecular weight is 1120 g/mol. The Bertz CT molecular complexity index is 1450. The number of likely N-dealkylation sites (N-methyl/N-ethyl adjacent to an activating group) is 1. The third kappa shape index (κ3) is 61.8. The number of hydrogen-bond donors (Lipinski definition) is 3. The highest BCUT2D eigenvalue weighted by Gasteiger charge is 2.28. The molecular weight excluding hydrogens is 984 g/mol. The predicted octanol–water partition coefficient (Wildman–Crippen LogP) is 21.2. The van der Waals surface area contributed by atoms with E-state index in [1.54, 1.807) is 6.08 Å². The van der Waals surface area contributed by atoms with E-state index in [1.165, 1.54) is 250 Å². The van der Waals surface area contributed by atoms with Crippen molar-refractivity contribution in [1.82, 2.24) is 5.32 Å². The fourth-order valence-electron chi connectivity index (χ4n) is 9.95. The molecule has 8 nitrogen and oxygen atoms in total. The maximum atomic E-state index is 13.0. The van der Waals surface area contributed by atoms with Crippen molar-refractivity contribution in [2.45, 2.75) is 334 Å². The minimum absolute atomic E-state index is 0.0553. The van der Waals surface area contributed by atoms with Gasteiger partial charge in [-0.15, -0.1) is 0 Å². The number of amides is 1. The second-order valence-corrected chi connectivity index (χ2v) is 25.6. The SMILES string of the molecule is CCCCCCC/C=C\C/C=C\C/C=C\CCCCCCCCCCCCCCCCC(=O)NC(COP(=O)(O)OCC[N+](C)(C)C)C(O)/C=C/CC/C=C/CCCCCCCCCCCCCCCCCCCCCCC. The Hall–Kier alpha value is -1.80. The maximum absolute atomic E-state index is 13.0. The first-order valence-electron chi connectivity index (χ1n) is 33.7. The van der Waals surface area contributed by atoms with Crippen LogP contribution in [0, 0.1) is 0 Å². The van der Waals surface area contributed by atoms with Crippen LogP contribution in [0.25, 0.3) is 0 Å². The third-order valence-electron chi connectivity index (χ3n) is 15.2. The molecule has 0 aliphatic heterocycles. The summed E-state index contributed by atoms with van der Waals surface area (Å²) in [6.07, 6.45) is 82.2. The molecule has 0 spiro atoms. The number of aliphatic hydroxyl groups is 1. The van der Waals surface area contributed by atoms with Gasteiger partial charge in [0.1, 0.15) is 13.2 Å². The number of quaternary nitrogens is 1. The lowest BCUT2D eigenvalue weighted by Gasteiger charge is -2.25. The van der Waals surface area contributed by atoms with Crippen LogP contribution in [0.15, 0.2) is 60.8 Å². The van der Waals surface area contributed by atoms with E-state index in [4.69, 9.17) is 9.05 Å². The molecule has 0 aromatic carbocycles. The number of allylic oxidation sites excluding steroid dienone is 9. The van der Waals surface area contributed by atoms with Gasteiger partial charge < -0.3 is 19.8 Å². The Labute approximate surface area is 485 Å². The number of unbranched alkanes of at least 4 members (excludes halogenated alkanes) is 41. The van der Waals surface area contributed by atoms with Gasteiger partial charge in [0.25, 0.3) is 0 Å². The van der Waals surface area contributed by atoms with Gasteiger partial charge in [0.05, 0.1) is 39.9 Å². The molecule has 0 saturated carbocycles. The van der Waals surface area contributed by atoms with E-state index in [-0.39, 0.29) is 19.1 Å². The molecule has 3 atom stereocenters. The number of nitrogens with zero attached hydrogens (tertiary/aromatic N) is 1. The van der Waals surface area contributed by atoms with Crippen molar-refractivity contribution in [2.24, 2.45) is 0 Å². The molecule has 3 N–H and O–H groups in total. The van der Waals surface area contributed by atoms with Gasteiger partial charge in [-0.1, -0.05) is 306 Å². The molecule has 78 heavy (non-hydrogen) atoms. The topological polar surface area (TPSA) is 105 Å². The first kappa shape index (κ1) is 76.2. The van der Waals surface area contributed by atoms with Crippen molar-refractivity contribution in [1.29, 1.82) is 0 Å². The highest BCUT2D eigenvalue weighted by atomic mass is 31.2. The Morgan fingerprint density at radius 1 is 0.436 bits per heavy atom. The lowest BCUT2D eigenvalue weighted by Crippen LogP contribution is -2.45. The van der Waals surface area contributed by atoms with Crippen molar-refractivity contribution in [3.05, 3.63) is 60.8 Å². The summed E-state index contributed by atoms with van der Waals surface area (Å²) in [6.45, 7) is 4.82. The monoisotopic (exact) mass is 1120 g/mol. The third-order valence-corrected chi connectivity index (χ3v) is 16.2. The zero-order valence-electron chi connectivity index (χ0n) is 52.4. The van der Waals surface area contributed by atoms with Crippen LogP contribution in [0.1, 0.15) is 322 Å². The van der Waals surface area contributed by atoms with Crippen molar-refractivity contribution in [3.63, 3.8) is 0 Å². The Balaban J connectivity index is 4.14. The van der Waals surface area contributed by atoms with Crippen LogP contribution in [0.3, 0.4) is 0 Å². The summed E-state index contributed by atoms with van der Waals surface area (Å²) >= 11 is 0. The number of hydrogen-bond acceptors (Lipinski definition) is 5. The number of rotatable bonds is 62. The van der Waals surface area contributed by atoms with Crippen LogP contribution in [0.5, 0.6) is 0 Å². The number of phosphoric acid groups is 1. The zero-order chi connectivity index (χ0) is 57.0. The van der Waals surface area contributed by atoms with Gasteiger partial charge in [-0.25, -0.2) is 4.57 Å². The van der Waals surface area contributed by atoms with Crippen LogP contribution in [0.2, 0.25) is 0 Å². The minimum Gasteiger partial charge on any atom is -0.387 e. The highest BCUT2D eigenvalue weighted by molar-refractivity contribution is 7.47. The standard InChI is InChI=1S/C69H131N2O6P/c1-6-8-10-12-14-16-18-20-22-24-26-28-30-32-34-35-37-39-41-43-45-47-49-51-53-55-57-59-61-63-69(73)70-67(66-77-78(74,75)76-65-64-71(3,4)5)68(72)62-60-58-56-54-52-50-48-46-44-42-40-38-36-33-31-29-27-25-23-21-19-17-15-13-11-9-7-2/h18,20,24,26,30,32,52,54,60,62,67-68,72H,6-17,19,21-23,25,27-29,31,33-51,53,55-59,61,63-66H2,1-5H3,(H-,70,73,74,75)/p+1/b20-18-,26-24-,32-30-,54-52+,62-60+. The summed E-state index contributed by atoms with van der Waals surface area (Å²) in [7, 11) is 1.56. The van der Waals surface area contributed by atoms with Gasteiger partial charge in [0.15, 0.2) is 0 Å². The summed E-state index contributed by atoms with van der Waals surface area (Å²) in [5, 5.41) is 14.0. The van der Waals surface area contributed by atoms with E-state index < -0.39 is 20.0 Å². The van der Waals surface area contributed by atoms with E-state index in [0.29, 0.717) is 17.4 Å². The second kappa shape index (κ2) is 59.8. The molecule has 0 bridgehead atoms. The average Bonchev–Trinajstić information content (AvgIpc) is 3.41. The van der Waals surface area contributed by atoms with Crippen molar-refractivity contribution >= 4 is 13.7 Å². The molecule has 0 aromatic heterocycles. The molecule has 0 aliphatic carbocycles. The quantitative estimate of drug-likeness (QED) is 0.0243. The molecule has 458 valence electrons. The zero-order valence-corrected chi connectivity index (χ0v) is 53.3. The lowest BCUT2D eigenvalue weighted by atomic mass is 10.0. The molecule has 1 amide bonds. The minimum atomic E-state index is -4.36. The van der Waals surface area contributed by atoms with Gasteiger partial charge in [0, 0.05) is 6.42 Å². The van der Waals surface area contributed by atoms with E-state index in [1.807, 2.05) is 27.2 Å². The molecule has 0 heterocycles. The Kier molecular flexibility index (Phi) is 58.4. The smallest absolute Gasteiger partial charge is 0.387 e. The van der Waals surface area contributed by atoms with E-state index >= 15 is 0 Å². The van der Waals surface area contributed by atoms with E-state index in [2.05, 4.69) is 67.8 Å². The lowest BCUT2D eigenvalue weighted by molar-refractivity contribution is -0.870. The second-order valence-electron chi connectivity index (χ2n) is 24.2. The van der Waals surface area contributed by atoms with Gasteiger partial charge in [-0.05, 0) is 70.6 Å². The molecule has 0 rings (SSSR count). The molecule has 0 saturated heterocycles. The van der Waals surface area contributed by atoms with Gasteiger partial charge in [-0.3, -0.25) is 13.8 Å². The summed E-state index contributed by atoms with van der Waals surface area (Å²) in [6, 6.07) is -0.867. The number of phosphoric ester groups is 1. The van der Waals surface area contributed by atoms with Crippen molar-refractivity contribution in [2.75, 3.05) is 40.9 Å². The van der Waals surface area contributed by atoms with E-state index in [9.17, 15) is 19.4 Å². The van der Waals surface area contributed by atoms with Crippen LogP contribution < -0.4 is 5.32 Å². The Morgan fingerprint density at radius 2 is 0.744 bits per heavy atom. The van der Waals surface area contributed by atoms with Crippen LogP contribution in [-0.4, -0.2) is 73.4 Å². The fourth-order valence-corrected chi connectivity index (χ4v) is 10.7. The largest absolute Gasteiger partial charge is 0.472 e. The first-order chi connectivity index (χ1) is 38.0. The molecule has 0 fully saturated rings. The summed E-state index contributed by atoms with van der Waals surface area (Å²) in [4.78, 5) is 23.4. The highest BCUT2D eigenvalue weighted by Crippen LogP contribution is 2.43. The van der Waals surface area contributed by atoms with Gasteiger partial charge >= 0.3 is 7.82 Å². The molecule has 3 unspecified atom stereocenters. The molecular formula is C69H132N2O6P+. The number of aliphatic hydroxyl groups excluding tert-OH is 1. The summed E-state index contributed by atoms with van der Waals surface area (Å²) in [5.41, 5.74) is 0. The normalized spacial score (nSPS) is 14.1. The van der Waals surface area contributed by atoms with Crippen molar-refractivity contribution in [3.8, 4) is 0 Å². The Morgan fingerprint density at radius 3 is 1.12 bits per heavy atom. The molecule has 0 aliphatic rings.